The van der Waals surface area contributed by atoms with E-state index in [9.17, 15) is 0 Å². The summed E-state index contributed by atoms with van der Waals surface area (Å²) in [5, 5.41) is 0. The summed E-state index contributed by atoms with van der Waals surface area (Å²) in [5.74, 6) is 0.698. The van der Waals surface area contributed by atoms with Crippen molar-refractivity contribution in [3.05, 3.63) is 28.6 Å². The van der Waals surface area contributed by atoms with Gasteiger partial charge in [-0.2, -0.15) is 0 Å². The molecule has 2 rings (SSSR count). The van der Waals surface area contributed by atoms with Gasteiger partial charge in [0.05, 0.1) is 0 Å². The van der Waals surface area contributed by atoms with E-state index in [0.717, 1.165) is 12.4 Å². The molecule has 1 aliphatic heterocycles. The first kappa shape index (κ1) is 10.7. The highest BCUT2D eigenvalue weighted by molar-refractivity contribution is 6.61. The summed E-state index contributed by atoms with van der Waals surface area (Å²) in [6.45, 7) is 8.01. The molecule has 0 saturated carbocycles. The van der Waals surface area contributed by atoms with Crippen LogP contribution in [0.5, 0.6) is 0 Å². The largest absolute Gasteiger partial charge is 0.326 e. The molecule has 1 aliphatic rings. The Labute approximate surface area is 92.4 Å². The maximum atomic E-state index is 5.71. The van der Waals surface area contributed by atoms with Gasteiger partial charge in [0.15, 0.2) is 0 Å². The second kappa shape index (κ2) is 3.97. The smallest absolute Gasteiger partial charge is 0.137 e. The van der Waals surface area contributed by atoms with Crippen molar-refractivity contribution in [1.82, 2.24) is 4.98 Å². The van der Waals surface area contributed by atoms with E-state index in [-0.39, 0.29) is 0 Å². The Hall–Kier alpha value is -0.825. The molecule has 2 heterocycles. The van der Waals surface area contributed by atoms with Crippen molar-refractivity contribution in [2.45, 2.75) is 45.8 Å². The van der Waals surface area contributed by atoms with Gasteiger partial charge in [-0.05, 0) is 37.0 Å². The molecule has 0 spiro atoms. The van der Waals surface area contributed by atoms with E-state index in [4.69, 9.17) is 5.73 Å². The highest BCUT2D eigenvalue weighted by Crippen LogP contribution is 2.37. The van der Waals surface area contributed by atoms with Crippen molar-refractivity contribution in [2.24, 2.45) is 5.73 Å². The lowest BCUT2D eigenvalue weighted by Gasteiger charge is -2.30. The summed E-state index contributed by atoms with van der Waals surface area (Å²) >= 11 is 0. The van der Waals surface area contributed by atoms with E-state index in [1.165, 1.54) is 29.5 Å². The highest BCUT2D eigenvalue weighted by atomic mass is 14.7. The molecule has 2 nitrogen and oxygen atoms in total. The molecule has 1 fully saturated rings. The van der Waals surface area contributed by atoms with Crippen molar-refractivity contribution < 1.29 is 0 Å². The van der Waals surface area contributed by atoms with Gasteiger partial charge in [0.2, 0.25) is 0 Å². The van der Waals surface area contributed by atoms with E-state index in [2.05, 4.69) is 31.7 Å². The molecule has 1 saturated heterocycles. The number of nitrogens with two attached hydrogens (primary N) is 1. The van der Waals surface area contributed by atoms with Crippen molar-refractivity contribution in [1.29, 1.82) is 0 Å². The summed E-state index contributed by atoms with van der Waals surface area (Å²) in [6.07, 6.45) is 2.60. The van der Waals surface area contributed by atoms with Gasteiger partial charge in [0, 0.05) is 17.9 Å². The zero-order chi connectivity index (χ0) is 11.0. The zero-order valence-corrected chi connectivity index (χ0v) is 9.88. The summed E-state index contributed by atoms with van der Waals surface area (Å²) in [7, 11) is 0. The molecule has 0 aromatic carbocycles. The maximum Gasteiger partial charge on any atom is 0.137 e. The van der Waals surface area contributed by atoms with Crippen LogP contribution in [0.4, 0.5) is 0 Å². The average molecular weight is 202 g/mol. The lowest BCUT2D eigenvalue weighted by atomic mass is 9.33. The maximum absolute atomic E-state index is 5.71. The summed E-state index contributed by atoms with van der Waals surface area (Å²) in [4.78, 5) is 4.68. The molecule has 2 N–H and O–H groups in total. The third-order valence-corrected chi connectivity index (χ3v) is 3.57. The summed E-state index contributed by atoms with van der Waals surface area (Å²) in [5.41, 5.74) is 10.6. The molecule has 0 amide bonds. The van der Waals surface area contributed by atoms with Crippen LogP contribution in [0.15, 0.2) is 6.07 Å². The van der Waals surface area contributed by atoms with Crippen molar-refractivity contribution in [3.63, 3.8) is 0 Å². The van der Waals surface area contributed by atoms with Crippen LogP contribution in [-0.2, 0) is 6.54 Å². The molecular formula is C12H19BN2. The van der Waals surface area contributed by atoms with Gasteiger partial charge < -0.3 is 5.73 Å². The normalized spacial score (nSPS) is 16.7. The SMILES string of the molecule is CB1CC(c2cc(C)c(CN)c(C)n2)C1. The Morgan fingerprint density at radius 2 is 2.13 bits per heavy atom. The minimum absolute atomic E-state index is 0.603. The van der Waals surface area contributed by atoms with Crippen LogP contribution in [0, 0.1) is 13.8 Å². The highest BCUT2D eigenvalue weighted by Gasteiger charge is 2.30. The molecule has 15 heavy (non-hydrogen) atoms. The van der Waals surface area contributed by atoms with Gasteiger partial charge in [-0.15, -0.1) is 0 Å². The molecule has 0 atom stereocenters. The van der Waals surface area contributed by atoms with E-state index < -0.39 is 0 Å². The summed E-state index contributed by atoms with van der Waals surface area (Å²) in [6, 6.07) is 2.23. The molecule has 0 aliphatic carbocycles. The first-order valence-corrected chi connectivity index (χ1v) is 5.79. The summed E-state index contributed by atoms with van der Waals surface area (Å²) < 4.78 is 0. The van der Waals surface area contributed by atoms with E-state index in [1.54, 1.807) is 0 Å². The molecule has 0 unspecified atom stereocenters. The fraction of sp³-hybridized carbons (Fsp3) is 0.583. The van der Waals surface area contributed by atoms with Crippen LogP contribution in [0.1, 0.15) is 28.4 Å². The standard InChI is InChI=1S/C12H19BN2/c1-8-4-12(10-5-13(3)6-10)15-9(2)11(8)7-14/h4,10H,5-7,14H2,1-3H3. The lowest BCUT2D eigenvalue weighted by molar-refractivity contribution is 0.728. The van der Waals surface area contributed by atoms with Gasteiger partial charge in [0.25, 0.3) is 0 Å². The zero-order valence-electron chi connectivity index (χ0n) is 9.88. The van der Waals surface area contributed by atoms with Crippen LogP contribution >= 0.6 is 0 Å². The minimum Gasteiger partial charge on any atom is -0.326 e. The Kier molecular flexibility index (Phi) is 2.83. The predicted octanol–water partition coefficient (Wildman–Crippen LogP) is 2.38. The van der Waals surface area contributed by atoms with Gasteiger partial charge in [-0.25, -0.2) is 0 Å². The van der Waals surface area contributed by atoms with Gasteiger partial charge in [-0.1, -0.05) is 19.5 Å². The third-order valence-electron chi connectivity index (χ3n) is 3.57. The van der Waals surface area contributed by atoms with Crippen molar-refractivity contribution >= 4 is 6.71 Å². The molecule has 0 radical (unpaired) electrons. The monoisotopic (exact) mass is 202 g/mol. The van der Waals surface area contributed by atoms with E-state index in [1.807, 2.05) is 0 Å². The van der Waals surface area contributed by atoms with Crippen LogP contribution < -0.4 is 5.73 Å². The number of hydrogen-bond donors (Lipinski definition) is 1. The molecule has 3 heteroatoms. The number of pyridine rings is 1. The lowest BCUT2D eigenvalue weighted by Crippen LogP contribution is -2.27. The average Bonchev–Trinajstić information content (AvgIpc) is 2.12. The molecule has 1 aromatic heterocycles. The van der Waals surface area contributed by atoms with Crippen molar-refractivity contribution in [3.8, 4) is 0 Å². The molecule has 80 valence electrons. The Morgan fingerprint density at radius 1 is 1.47 bits per heavy atom. The molecular weight excluding hydrogens is 183 g/mol. The quantitative estimate of drug-likeness (QED) is 0.747. The number of rotatable bonds is 2. The second-order valence-corrected chi connectivity index (χ2v) is 4.91. The van der Waals surface area contributed by atoms with Crippen LogP contribution in [-0.4, -0.2) is 11.7 Å². The van der Waals surface area contributed by atoms with Gasteiger partial charge >= 0.3 is 0 Å². The Morgan fingerprint density at radius 3 is 2.60 bits per heavy atom. The predicted molar refractivity (Wildman–Crippen MR) is 65.6 cm³/mol. The van der Waals surface area contributed by atoms with Gasteiger partial charge in [-0.3, -0.25) is 4.98 Å². The van der Waals surface area contributed by atoms with Crippen LogP contribution in [0.2, 0.25) is 19.5 Å². The fourth-order valence-electron chi connectivity index (χ4n) is 2.55. The third kappa shape index (κ3) is 1.93. The molecule has 0 bridgehead atoms. The van der Waals surface area contributed by atoms with Crippen molar-refractivity contribution in [2.75, 3.05) is 0 Å². The fourth-order valence-corrected chi connectivity index (χ4v) is 2.55. The van der Waals surface area contributed by atoms with E-state index >= 15 is 0 Å². The number of aryl methyl sites for hydroxylation is 2. The second-order valence-electron chi connectivity index (χ2n) is 4.91. The minimum atomic E-state index is 0.603. The number of hydrogen-bond acceptors (Lipinski definition) is 2. The first-order valence-electron chi connectivity index (χ1n) is 5.79. The van der Waals surface area contributed by atoms with Crippen LogP contribution in [0.25, 0.3) is 0 Å². The van der Waals surface area contributed by atoms with E-state index in [0.29, 0.717) is 12.5 Å². The molecule has 1 aromatic rings. The van der Waals surface area contributed by atoms with Gasteiger partial charge in [0.1, 0.15) is 6.71 Å². The Balaban J connectivity index is 2.27. The number of nitrogens with zero attached hydrogens (tertiary/aromatic N) is 1. The topological polar surface area (TPSA) is 38.9 Å². The Bertz CT molecular complexity index is 347. The number of aromatic nitrogens is 1. The van der Waals surface area contributed by atoms with Crippen LogP contribution in [0.3, 0.4) is 0 Å². The first-order chi connectivity index (χ1) is 7.11.